The normalized spacial score (nSPS) is 14.2. The number of rotatable bonds is 13. The standard InChI is InChI=1S/C26H37N3O4/c1-2-3-12-25(30)28(14-8-13-27-15-18-32-19-16-27)22-26(31)29(21-24-11-7-17-33-24)20-23-9-5-4-6-10-23/h4-7,9-11,17H,2-3,8,12-16,18-22H2,1H3. The Labute approximate surface area is 197 Å². The average molecular weight is 456 g/mol. The van der Waals surface area contributed by atoms with Crippen LogP contribution in [0.2, 0.25) is 0 Å². The van der Waals surface area contributed by atoms with E-state index in [4.69, 9.17) is 9.15 Å². The van der Waals surface area contributed by atoms with Gasteiger partial charge in [-0.3, -0.25) is 14.5 Å². The summed E-state index contributed by atoms with van der Waals surface area (Å²) in [7, 11) is 0. The Morgan fingerprint density at radius 1 is 0.939 bits per heavy atom. The summed E-state index contributed by atoms with van der Waals surface area (Å²) in [5.74, 6) is 0.728. The maximum absolute atomic E-state index is 13.4. The first-order chi connectivity index (χ1) is 16.2. The van der Waals surface area contributed by atoms with Crippen molar-refractivity contribution >= 4 is 11.8 Å². The molecule has 180 valence electrons. The van der Waals surface area contributed by atoms with Crippen LogP contribution in [0.3, 0.4) is 0 Å². The number of nitrogens with zero attached hydrogens (tertiary/aromatic N) is 3. The van der Waals surface area contributed by atoms with E-state index in [1.807, 2.05) is 42.5 Å². The molecule has 0 spiro atoms. The van der Waals surface area contributed by atoms with Gasteiger partial charge in [-0.2, -0.15) is 0 Å². The summed E-state index contributed by atoms with van der Waals surface area (Å²) >= 11 is 0. The molecule has 0 N–H and O–H groups in total. The second-order valence-electron chi connectivity index (χ2n) is 8.54. The summed E-state index contributed by atoms with van der Waals surface area (Å²) in [6.45, 7) is 7.91. The highest BCUT2D eigenvalue weighted by atomic mass is 16.5. The number of carbonyl (C=O) groups is 2. The summed E-state index contributed by atoms with van der Waals surface area (Å²) < 4.78 is 10.9. The van der Waals surface area contributed by atoms with E-state index >= 15 is 0 Å². The lowest BCUT2D eigenvalue weighted by atomic mass is 10.2. The molecule has 0 aliphatic carbocycles. The van der Waals surface area contributed by atoms with Crippen LogP contribution >= 0.6 is 0 Å². The lowest BCUT2D eigenvalue weighted by Crippen LogP contribution is -2.44. The van der Waals surface area contributed by atoms with Gasteiger partial charge in [0.2, 0.25) is 11.8 Å². The second kappa shape index (κ2) is 13.8. The van der Waals surface area contributed by atoms with E-state index in [9.17, 15) is 9.59 Å². The van der Waals surface area contributed by atoms with E-state index in [-0.39, 0.29) is 18.4 Å². The topological polar surface area (TPSA) is 66.2 Å². The molecule has 2 aromatic rings. The lowest BCUT2D eigenvalue weighted by Gasteiger charge is -2.30. The van der Waals surface area contributed by atoms with E-state index in [0.717, 1.165) is 63.4 Å². The smallest absolute Gasteiger partial charge is 0.242 e. The molecule has 1 aliphatic rings. The molecule has 33 heavy (non-hydrogen) atoms. The molecule has 0 atom stereocenters. The Balaban J connectivity index is 1.63. The van der Waals surface area contributed by atoms with Crippen LogP contribution < -0.4 is 0 Å². The van der Waals surface area contributed by atoms with Gasteiger partial charge in [0.05, 0.1) is 32.6 Å². The van der Waals surface area contributed by atoms with Crippen LogP contribution in [-0.2, 0) is 27.4 Å². The molecule has 0 bridgehead atoms. The van der Waals surface area contributed by atoms with Crippen molar-refractivity contribution in [2.45, 2.75) is 45.7 Å². The van der Waals surface area contributed by atoms with Crippen molar-refractivity contribution < 1.29 is 18.7 Å². The quantitative estimate of drug-likeness (QED) is 0.462. The van der Waals surface area contributed by atoms with Crippen molar-refractivity contribution in [2.24, 2.45) is 0 Å². The van der Waals surface area contributed by atoms with Crippen molar-refractivity contribution in [1.29, 1.82) is 0 Å². The number of carbonyl (C=O) groups excluding carboxylic acids is 2. The third-order valence-corrected chi connectivity index (χ3v) is 5.92. The van der Waals surface area contributed by atoms with Gasteiger partial charge in [-0.05, 0) is 30.5 Å². The molecular formula is C26H37N3O4. The second-order valence-corrected chi connectivity index (χ2v) is 8.54. The fourth-order valence-corrected chi connectivity index (χ4v) is 3.98. The largest absolute Gasteiger partial charge is 0.467 e. The third kappa shape index (κ3) is 8.67. The van der Waals surface area contributed by atoms with Gasteiger partial charge in [0, 0.05) is 39.1 Å². The number of benzene rings is 1. The molecule has 7 nitrogen and oxygen atoms in total. The van der Waals surface area contributed by atoms with Gasteiger partial charge in [-0.1, -0.05) is 43.7 Å². The minimum absolute atomic E-state index is 0.0600. The highest BCUT2D eigenvalue weighted by molar-refractivity contribution is 5.84. The van der Waals surface area contributed by atoms with Crippen molar-refractivity contribution in [3.63, 3.8) is 0 Å². The first-order valence-electron chi connectivity index (χ1n) is 12.1. The van der Waals surface area contributed by atoms with E-state index < -0.39 is 0 Å². The van der Waals surface area contributed by atoms with Gasteiger partial charge >= 0.3 is 0 Å². The van der Waals surface area contributed by atoms with Gasteiger partial charge in [0.15, 0.2) is 0 Å². The molecule has 2 amide bonds. The van der Waals surface area contributed by atoms with Gasteiger partial charge < -0.3 is 19.0 Å². The molecule has 1 aromatic carbocycles. The van der Waals surface area contributed by atoms with Gasteiger partial charge in [-0.15, -0.1) is 0 Å². The highest BCUT2D eigenvalue weighted by Gasteiger charge is 2.22. The fraction of sp³-hybridized carbons (Fsp3) is 0.538. The molecule has 0 unspecified atom stereocenters. The van der Waals surface area contributed by atoms with Crippen molar-refractivity contribution in [1.82, 2.24) is 14.7 Å². The summed E-state index contributed by atoms with van der Waals surface area (Å²) in [5, 5.41) is 0. The molecular weight excluding hydrogens is 418 g/mol. The van der Waals surface area contributed by atoms with E-state index in [2.05, 4.69) is 11.8 Å². The van der Waals surface area contributed by atoms with Crippen molar-refractivity contribution in [2.75, 3.05) is 45.9 Å². The first kappa shape index (κ1) is 25.0. The molecule has 1 aliphatic heterocycles. The molecule has 1 aromatic heterocycles. The fourth-order valence-electron chi connectivity index (χ4n) is 3.98. The van der Waals surface area contributed by atoms with Crippen LogP contribution in [0.1, 0.15) is 43.9 Å². The minimum Gasteiger partial charge on any atom is -0.467 e. The average Bonchev–Trinajstić information content (AvgIpc) is 3.36. The number of morpholine rings is 1. The van der Waals surface area contributed by atoms with Gasteiger partial charge in [0.25, 0.3) is 0 Å². The number of hydrogen-bond acceptors (Lipinski definition) is 5. The summed E-state index contributed by atoms with van der Waals surface area (Å²) in [6, 6.07) is 13.6. The number of furan rings is 1. The zero-order valence-electron chi connectivity index (χ0n) is 19.8. The first-order valence-corrected chi connectivity index (χ1v) is 12.1. The Hall–Kier alpha value is -2.64. The van der Waals surface area contributed by atoms with Crippen LogP contribution in [0.5, 0.6) is 0 Å². The summed E-state index contributed by atoms with van der Waals surface area (Å²) in [4.78, 5) is 32.2. The Morgan fingerprint density at radius 3 is 2.42 bits per heavy atom. The predicted molar refractivity (Wildman–Crippen MR) is 127 cm³/mol. The number of hydrogen-bond donors (Lipinski definition) is 0. The van der Waals surface area contributed by atoms with E-state index in [1.165, 1.54) is 0 Å². The highest BCUT2D eigenvalue weighted by Crippen LogP contribution is 2.13. The monoisotopic (exact) mass is 455 g/mol. The Bertz CT molecular complexity index is 819. The van der Waals surface area contributed by atoms with Crippen molar-refractivity contribution in [3.05, 3.63) is 60.1 Å². The van der Waals surface area contributed by atoms with Crippen LogP contribution in [0.25, 0.3) is 0 Å². The maximum atomic E-state index is 13.4. The molecule has 7 heteroatoms. The zero-order chi connectivity index (χ0) is 23.3. The van der Waals surface area contributed by atoms with E-state index in [1.54, 1.807) is 16.1 Å². The zero-order valence-corrected chi connectivity index (χ0v) is 19.8. The molecule has 2 heterocycles. The molecule has 1 saturated heterocycles. The van der Waals surface area contributed by atoms with Crippen molar-refractivity contribution in [3.8, 4) is 0 Å². The Morgan fingerprint density at radius 2 is 1.73 bits per heavy atom. The SMILES string of the molecule is CCCCC(=O)N(CCCN1CCOCC1)CC(=O)N(Cc1ccccc1)Cc1ccco1. The van der Waals surface area contributed by atoms with Crippen LogP contribution in [0, 0.1) is 0 Å². The van der Waals surface area contributed by atoms with Gasteiger partial charge in [-0.25, -0.2) is 0 Å². The Kier molecular flexibility index (Phi) is 10.5. The number of ether oxygens (including phenoxy) is 1. The molecule has 0 radical (unpaired) electrons. The molecule has 3 rings (SSSR count). The van der Waals surface area contributed by atoms with Crippen LogP contribution in [-0.4, -0.2) is 72.5 Å². The number of amides is 2. The summed E-state index contributed by atoms with van der Waals surface area (Å²) in [6.07, 6.45) is 4.75. The predicted octanol–water partition coefficient (Wildman–Crippen LogP) is 3.55. The molecule has 1 fully saturated rings. The maximum Gasteiger partial charge on any atom is 0.242 e. The third-order valence-electron chi connectivity index (χ3n) is 5.92. The summed E-state index contributed by atoms with van der Waals surface area (Å²) in [5.41, 5.74) is 1.05. The minimum atomic E-state index is -0.0634. The molecule has 0 saturated carbocycles. The van der Waals surface area contributed by atoms with E-state index in [0.29, 0.717) is 26.1 Å². The lowest BCUT2D eigenvalue weighted by molar-refractivity contribution is -0.141. The van der Waals surface area contributed by atoms with Gasteiger partial charge in [0.1, 0.15) is 5.76 Å². The van der Waals surface area contributed by atoms with Crippen LogP contribution in [0.15, 0.2) is 53.1 Å². The number of unbranched alkanes of at least 4 members (excludes halogenated alkanes) is 1. The van der Waals surface area contributed by atoms with Crippen LogP contribution in [0.4, 0.5) is 0 Å².